The highest BCUT2D eigenvalue weighted by Gasteiger charge is 1.96. The molecule has 14 heavy (non-hydrogen) atoms. The van der Waals surface area contributed by atoms with Gasteiger partial charge in [-0.25, -0.2) is 0 Å². The van der Waals surface area contributed by atoms with Crippen LogP contribution in [0.15, 0.2) is 24.3 Å². The lowest BCUT2D eigenvalue weighted by Gasteiger charge is -2.08. The number of nitrogens with one attached hydrogen (secondary N) is 1. The first-order valence-corrected chi connectivity index (χ1v) is 4.63. The summed E-state index contributed by atoms with van der Waals surface area (Å²) in [6, 6.07) is 7.81. The zero-order valence-corrected chi connectivity index (χ0v) is 8.54. The zero-order chi connectivity index (χ0) is 10.4. The fourth-order valence-corrected chi connectivity index (χ4v) is 1.11. The molecule has 0 spiro atoms. The summed E-state index contributed by atoms with van der Waals surface area (Å²) in [5.41, 5.74) is 1.11. The quantitative estimate of drug-likeness (QED) is 0.736. The first kappa shape index (κ1) is 10.6. The molecule has 0 aliphatic rings. The number of benzene rings is 1. The van der Waals surface area contributed by atoms with E-state index in [4.69, 9.17) is 4.74 Å². The van der Waals surface area contributed by atoms with E-state index in [1.54, 1.807) is 0 Å². The highest BCUT2D eigenvalue weighted by molar-refractivity contribution is 5.72. The van der Waals surface area contributed by atoms with Gasteiger partial charge in [-0.2, -0.15) is 0 Å². The molecule has 0 fully saturated rings. The van der Waals surface area contributed by atoms with Gasteiger partial charge in [-0.05, 0) is 18.6 Å². The van der Waals surface area contributed by atoms with E-state index in [0.29, 0.717) is 13.2 Å². The van der Waals surface area contributed by atoms with Crippen molar-refractivity contribution in [1.82, 2.24) is 5.32 Å². The van der Waals surface area contributed by atoms with Crippen LogP contribution in [0.1, 0.15) is 12.5 Å². The molecule has 1 aromatic carbocycles. The molecule has 0 radical (unpaired) electrons. The van der Waals surface area contributed by atoms with Crippen LogP contribution in [0.2, 0.25) is 0 Å². The maximum atomic E-state index is 10.6. The molecule has 3 nitrogen and oxygen atoms in total. The maximum Gasteiger partial charge on any atom is 0.216 e. The normalized spacial score (nSPS) is 9.57. The van der Waals surface area contributed by atoms with Crippen molar-refractivity contribution < 1.29 is 9.53 Å². The average molecular weight is 193 g/mol. The van der Waals surface area contributed by atoms with E-state index in [1.165, 1.54) is 6.92 Å². The molecular formula is C11H15NO2. The summed E-state index contributed by atoms with van der Waals surface area (Å²) in [7, 11) is 0. The Labute approximate surface area is 84.1 Å². The van der Waals surface area contributed by atoms with E-state index in [9.17, 15) is 4.79 Å². The number of amides is 1. The van der Waals surface area contributed by atoms with Crippen molar-refractivity contribution in [2.75, 3.05) is 13.2 Å². The van der Waals surface area contributed by atoms with Gasteiger partial charge >= 0.3 is 0 Å². The summed E-state index contributed by atoms with van der Waals surface area (Å²) < 4.78 is 5.47. The third kappa shape index (κ3) is 3.47. The van der Waals surface area contributed by atoms with Gasteiger partial charge in [-0.1, -0.05) is 18.2 Å². The predicted molar refractivity (Wildman–Crippen MR) is 55.4 cm³/mol. The third-order valence-electron chi connectivity index (χ3n) is 1.83. The van der Waals surface area contributed by atoms with Crippen LogP contribution in [0.25, 0.3) is 0 Å². The summed E-state index contributed by atoms with van der Waals surface area (Å²) in [6.45, 7) is 4.54. The Balaban J connectivity index is 2.31. The molecule has 0 bridgehead atoms. The van der Waals surface area contributed by atoms with Crippen LogP contribution in [0.4, 0.5) is 0 Å². The van der Waals surface area contributed by atoms with Crippen LogP contribution in [-0.4, -0.2) is 19.1 Å². The van der Waals surface area contributed by atoms with Gasteiger partial charge in [-0.3, -0.25) is 4.79 Å². The molecular weight excluding hydrogens is 178 g/mol. The first-order valence-electron chi connectivity index (χ1n) is 4.63. The van der Waals surface area contributed by atoms with Crippen LogP contribution >= 0.6 is 0 Å². The van der Waals surface area contributed by atoms with Gasteiger partial charge in [0.1, 0.15) is 12.4 Å². The molecule has 3 heteroatoms. The van der Waals surface area contributed by atoms with Crippen LogP contribution in [0.5, 0.6) is 5.75 Å². The lowest BCUT2D eigenvalue weighted by molar-refractivity contribution is -0.119. The first-order chi connectivity index (χ1) is 6.70. The van der Waals surface area contributed by atoms with Crippen molar-refractivity contribution in [2.24, 2.45) is 0 Å². The second-order valence-electron chi connectivity index (χ2n) is 3.10. The standard InChI is InChI=1S/C11H15NO2/c1-9-5-3-4-6-11(9)14-8-7-12-10(2)13/h3-6H,7-8H2,1-2H3,(H,12,13). The van der Waals surface area contributed by atoms with Gasteiger partial charge in [0.25, 0.3) is 0 Å². The number of carbonyl (C=O) groups is 1. The Hall–Kier alpha value is -1.51. The van der Waals surface area contributed by atoms with Gasteiger partial charge in [-0.15, -0.1) is 0 Å². The lowest BCUT2D eigenvalue weighted by Crippen LogP contribution is -2.25. The SMILES string of the molecule is CC(=O)NCCOc1ccccc1C. The summed E-state index contributed by atoms with van der Waals surface area (Å²) in [5.74, 6) is 0.844. The summed E-state index contributed by atoms with van der Waals surface area (Å²) >= 11 is 0. The Morgan fingerprint density at radius 2 is 2.14 bits per heavy atom. The van der Waals surface area contributed by atoms with E-state index in [1.807, 2.05) is 31.2 Å². The Morgan fingerprint density at radius 1 is 1.43 bits per heavy atom. The topological polar surface area (TPSA) is 38.3 Å². The number of carbonyl (C=O) groups excluding carboxylic acids is 1. The third-order valence-corrected chi connectivity index (χ3v) is 1.83. The molecule has 76 valence electrons. The van der Waals surface area contributed by atoms with Crippen LogP contribution in [-0.2, 0) is 4.79 Å². The lowest BCUT2D eigenvalue weighted by atomic mass is 10.2. The van der Waals surface area contributed by atoms with E-state index >= 15 is 0 Å². The Kier molecular flexibility index (Phi) is 3.98. The van der Waals surface area contributed by atoms with E-state index in [0.717, 1.165) is 11.3 Å². The van der Waals surface area contributed by atoms with Crippen LogP contribution in [0.3, 0.4) is 0 Å². The highest BCUT2D eigenvalue weighted by Crippen LogP contribution is 2.15. The van der Waals surface area contributed by atoms with Crippen LogP contribution < -0.4 is 10.1 Å². The maximum absolute atomic E-state index is 10.6. The van der Waals surface area contributed by atoms with Crippen LogP contribution in [0, 0.1) is 6.92 Å². The molecule has 0 heterocycles. The monoisotopic (exact) mass is 193 g/mol. The van der Waals surface area contributed by atoms with Crippen molar-refractivity contribution in [3.05, 3.63) is 29.8 Å². The molecule has 0 saturated heterocycles. The van der Waals surface area contributed by atoms with E-state index in [-0.39, 0.29) is 5.91 Å². The summed E-state index contributed by atoms with van der Waals surface area (Å²) in [4.78, 5) is 10.6. The summed E-state index contributed by atoms with van der Waals surface area (Å²) in [6.07, 6.45) is 0. The molecule has 0 aliphatic carbocycles. The molecule has 1 amide bonds. The molecule has 0 aromatic heterocycles. The molecule has 0 aliphatic heterocycles. The minimum absolute atomic E-state index is 0.0293. The van der Waals surface area contributed by atoms with E-state index < -0.39 is 0 Å². The number of rotatable bonds is 4. The van der Waals surface area contributed by atoms with Gasteiger partial charge in [0.2, 0.25) is 5.91 Å². The fourth-order valence-electron chi connectivity index (χ4n) is 1.11. The van der Waals surface area contributed by atoms with E-state index in [2.05, 4.69) is 5.32 Å². The Morgan fingerprint density at radius 3 is 2.79 bits per heavy atom. The molecule has 0 atom stereocenters. The van der Waals surface area contributed by atoms with Crippen molar-refractivity contribution in [2.45, 2.75) is 13.8 Å². The zero-order valence-electron chi connectivity index (χ0n) is 8.54. The second kappa shape index (κ2) is 5.27. The minimum atomic E-state index is -0.0293. The molecule has 0 unspecified atom stereocenters. The van der Waals surface area contributed by atoms with Crippen molar-refractivity contribution >= 4 is 5.91 Å². The van der Waals surface area contributed by atoms with Gasteiger partial charge in [0.15, 0.2) is 0 Å². The Bertz CT molecular complexity index is 310. The minimum Gasteiger partial charge on any atom is -0.491 e. The molecule has 0 saturated carbocycles. The second-order valence-corrected chi connectivity index (χ2v) is 3.10. The van der Waals surface area contributed by atoms with Crippen molar-refractivity contribution in [1.29, 1.82) is 0 Å². The smallest absolute Gasteiger partial charge is 0.216 e. The number of hydrogen-bond donors (Lipinski definition) is 1. The fraction of sp³-hybridized carbons (Fsp3) is 0.364. The number of aryl methyl sites for hydroxylation is 1. The van der Waals surface area contributed by atoms with Gasteiger partial charge in [0, 0.05) is 6.92 Å². The number of ether oxygens (including phenoxy) is 1. The molecule has 1 rings (SSSR count). The largest absolute Gasteiger partial charge is 0.491 e. The van der Waals surface area contributed by atoms with Crippen molar-refractivity contribution in [3.8, 4) is 5.75 Å². The summed E-state index contributed by atoms with van der Waals surface area (Å²) in [5, 5.41) is 2.67. The number of para-hydroxylation sites is 1. The average Bonchev–Trinajstić information content (AvgIpc) is 2.15. The van der Waals surface area contributed by atoms with Gasteiger partial charge in [0.05, 0.1) is 6.54 Å². The number of hydrogen-bond acceptors (Lipinski definition) is 2. The molecule has 1 N–H and O–H groups in total. The van der Waals surface area contributed by atoms with Gasteiger partial charge < -0.3 is 10.1 Å². The predicted octanol–water partition coefficient (Wildman–Crippen LogP) is 1.51. The highest BCUT2D eigenvalue weighted by atomic mass is 16.5. The molecule has 1 aromatic rings. The van der Waals surface area contributed by atoms with Crippen molar-refractivity contribution in [3.63, 3.8) is 0 Å².